The van der Waals surface area contributed by atoms with E-state index in [4.69, 9.17) is 4.74 Å². The Hall–Kier alpha value is -8.34. The van der Waals surface area contributed by atoms with Crippen LogP contribution in [0.5, 0.6) is 11.5 Å². The second-order valence-corrected chi connectivity index (χ2v) is 15.9. The van der Waals surface area contributed by atoms with Crippen molar-refractivity contribution >= 4 is 77.2 Å². The molecule has 0 heterocycles. The maximum atomic E-state index is 10.8. The highest BCUT2D eigenvalue weighted by atomic mass is 16.5. The van der Waals surface area contributed by atoms with Crippen molar-refractivity contribution in [2.45, 2.75) is 0 Å². The zero-order valence-corrected chi connectivity index (χ0v) is 34.7. The lowest BCUT2D eigenvalue weighted by Crippen LogP contribution is -2.10. The Morgan fingerprint density at radius 2 is 0.746 bits per heavy atom. The molecule has 0 saturated carbocycles. The van der Waals surface area contributed by atoms with E-state index >= 15 is 0 Å². The quantitative estimate of drug-likeness (QED) is 0.147. The highest BCUT2D eigenvalue weighted by Crippen LogP contribution is 2.49. The number of rotatable bonds is 9. The topological polar surface area (TPSA) is 35.9 Å². The summed E-state index contributed by atoms with van der Waals surface area (Å²) in [5.41, 5.74) is 10.5. The molecular weight excluding hydrogens is 769 g/mol. The van der Waals surface area contributed by atoms with Crippen LogP contribution < -0.4 is 14.5 Å². The Labute approximate surface area is 366 Å². The molecular formula is C59H42N2O2. The SMILES string of the molecule is COc1cccc(N(c2ccccc2)c2ccc3c(-c4ccc5ccccc5c4)c4cc(N(c5ccccc5)c5cccc(O)c5)ccc4c(-c4ccc5ccccc5c4)c3c2)c1. The molecule has 0 saturated heterocycles. The number of ether oxygens (including phenoxy) is 1. The van der Waals surface area contributed by atoms with Crippen LogP contribution >= 0.6 is 0 Å². The van der Waals surface area contributed by atoms with Gasteiger partial charge in [-0.25, -0.2) is 0 Å². The van der Waals surface area contributed by atoms with Gasteiger partial charge in [-0.1, -0.05) is 133 Å². The van der Waals surface area contributed by atoms with Crippen molar-refractivity contribution in [1.82, 2.24) is 0 Å². The molecule has 300 valence electrons. The second-order valence-electron chi connectivity index (χ2n) is 15.9. The Kier molecular flexibility index (Phi) is 9.52. The number of phenolic OH excluding ortho intramolecular Hbond substituents is 1. The van der Waals surface area contributed by atoms with Crippen LogP contribution in [-0.2, 0) is 0 Å². The fourth-order valence-electron chi connectivity index (χ4n) is 9.22. The summed E-state index contributed by atoms with van der Waals surface area (Å²) >= 11 is 0. The molecule has 0 aromatic heterocycles. The van der Waals surface area contributed by atoms with Gasteiger partial charge in [0.1, 0.15) is 11.5 Å². The van der Waals surface area contributed by atoms with Crippen molar-refractivity contribution in [3.63, 3.8) is 0 Å². The minimum atomic E-state index is 0.213. The molecule has 11 aromatic rings. The summed E-state index contributed by atoms with van der Waals surface area (Å²) in [7, 11) is 1.71. The minimum Gasteiger partial charge on any atom is -0.508 e. The number of anilines is 6. The summed E-state index contributed by atoms with van der Waals surface area (Å²) < 4.78 is 5.75. The Bertz CT molecular complexity index is 3470. The third-order valence-electron chi connectivity index (χ3n) is 12.1. The van der Waals surface area contributed by atoms with Crippen LogP contribution in [0.2, 0.25) is 0 Å². The number of hydrogen-bond acceptors (Lipinski definition) is 4. The first-order valence-corrected chi connectivity index (χ1v) is 21.2. The van der Waals surface area contributed by atoms with Crippen molar-refractivity contribution in [3.05, 3.63) is 231 Å². The lowest BCUT2D eigenvalue weighted by atomic mass is 9.84. The Balaban J connectivity index is 1.26. The van der Waals surface area contributed by atoms with Gasteiger partial charge in [-0.15, -0.1) is 0 Å². The summed E-state index contributed by atoms with van der Waals surface area (Å²) in [5, 5.41) is 20.1. The molecule has 0 aliphatic carbocycles. The monoisotopic (exact) mass is 810 g/mol. The molecule has 1 N–H and O–H groups in total. The number of hydrogen-bond donors (Lipinski definition) is 1. The highest BCUT2D eigenvalue weighted by molar-refractivity contribution is 6.23. The van der Waals surface area contributed by atoms with Crippen molar-refractivity contribution in [2.75, 3.05) is 16.9 Å². The van der Waals surface area contributed by atoms with Gasteiger partial charge in [0.05, 0.1) is 7.11 Å². The summed E-state index contributed by atoms with van der Waals surface area (Å²) in [4.78, 5) is 4.53. The second kappa shape index (κ2) is 15.9. The molecule has 11 rings (SSSR count). The van der Waals surface area contributed by atoms with Crippen molar-refractivity contribution in [3.8, 4) is 33.8 Å². The van der Waals surface area contributed by atoms with E-state index in [2.05, 4.69) is 198 Å². The van der Waals surface area contributed by atoms with E-state index in [-0.39, 0.29) is 5.75 Å². The predicted octanol–water partition coefficient (Wildman–Crippen LogP) is 16.3. The molecule has 0 bridgehead atoms. The minimum absolute atomic E-state index is 0.213. The van der Waals surface area contributed by atoms with Gasteiger partial charge in [0.15, 0.2) is 0 Å². The first kappa shape index (κ1) is 37.6. The molecule has 11 aromatic carbocycles. The van der Waals surface area contributed by atoms with E-state index in [1.54, 1.807) is 13.2 Å². The summed E-state index contributed by atoms with van der Waals surface area (Å²) in [6.45, 7) is 0. The number of methoxy groups -OCH3 is 1. The van der Waals surface area contributed by atoms with Crippen LogP contribution in [0, 0.1) is 0 Å². The van der Waals surface area contributed by atoms with E-state index in [1.165, 1.54) is 21.5 Å². The van der Waals surface area contributed by atoms with E-state index in [1.807, 2.05) is 36.4 Å². The number of nitrogens with zero attached hydrogens (tertiary/aromatic N) is 2. The molecule has 0 aliphatic rings. The van der Waals surface area contributed by atoms with E-state index < -0.39 is 0 Å². The highest BCUT2D eigenvalue weighted by Gasteiger charge is 2.23. The standard InChI is InChI=1S/C59H42N2O2/c1-63-53-25-13-23-49(37-53)61(47-20-6-3-7-21-47)51-31-33-55-57(39-51)59(45-29-27-41-15-9-11-17-43(41)35-45)54-32-30-50(60(46-18-4-2-5-19-46)48-22-12-24-52(62)36-48)38-56(54)58(55)44-28-26-40-14-8-10-16-42(40)34-44/h2-39,62H,1H3. The van der Waals surface area contributed by atoms with Crippen molar-refractivity contribution < 1.29 is 9.84 Å². The molecule has 0 unspecified atom stereocenters. The van der Waals surface area contributed by atoms with E-state index in [0.29, 0.717) is 0 Å². The molecule has 0 fully saturated rings. The Morgan fingerprint density at radius 1 is 0.317 bits per heavy atom. The van der Waals surface area contributed by atoms with Crippen LogP contribution in [0.4, 0.5) is 34.1 Å². The molecule has 0 amide bonds. The molecule has 4 heteroatoms. The number of fused-ring (bicyclic) bond motifs is 4. The molecule has 0 aliphatic heterocycles. The maximum absolute atomic E-state index is 10.8. The Morgan fingerprint density at radius 3 is 1.24 bits per heavy atom. The first-order valence-electron chi connectivity index (χ1n) is 21.2. The summed E-state index contributed by atoms with van der Waals surface area (Å²) in [6, 6.07) is 81.3. The number of phenols is 1. The largest absolute Gasteiger partial charge is 0.508 e. The zero-order chi connectivity index (χ0) is 42.3. The molecule has 4 nitrogen and oxygen atoms in total. The summed E-state index contributed by atoms with van der Waals surface area (Å²) in [5.74, 6) is 1.01. The number of benzene rings is 11. The van der Waals surface area contributed by atoms with E-state index in [9.17, 15) is 5.11 Å². The predicted molar refractivity (Wildman–Crippen MR) is 265 cm³/mol. The lowest BCUT2D eigenvalue weighted by molar-refractivity contribution is 0.415. The zero-order valence-electron chi connectivity index (χ0n) is 34.7. The first-order chi connectivity index (χ1) is 31.1. The average Bonchev–Trinajstić information content (AvgIpc) is 3.34. The van der Waals surface area contributed by atoms with Crippen LogP contribution in [-0.4, -0.2) is 12.2 Å². The molecule has 0 spiro atoms. The van der Waals surface area contributed by atoms with Gasteiger partial charge in [0, 0.05) is 46.3 Å². The maximum Gasteiger partial charge on any atom is 0.120 e. The molecule has 63 heavy (non-hydrogen) atoms. The third-order valence-corrected chi connectivity index (χ3v) is 12.1. The van der Waals surface area contributed by atoms with Gasteiger partial charge in [0.25, 0.3) is 0 Å². The van der Waals surface area contributed by atoms with Crippen molar-refractivity contribution in [1.29, 1.82) is 0 Å². The van der Waals surface area contributed by atoms with Crippen LogP contribution in [0.15, 0.2) is 231 Å². The smallest absolute Gasteiger partial charge is 0.120 e. The molecule has 0 atom stereocenters. The van der Waals surface area contributed by atoms with Gasteiger partial charge < -0.3 is 19.6 Å². The van der Waals surface area contributed by atoms with Crippen LogP contribution in [0.1, 0.15) is 0 Å². The summed E-state index contributed by atoms with van der Waals surface area (Å²) in [6.07, 6.45) is 0. The third kappa shape index (κ3) is 6.94. The van der Waals surface area contributed by atoms with Gasteiger partial charge in [-0.2, -0.15) is 0 Å². The fourth-order valence-corrected chi connectivity index (χ4v) is 9.22. The van der Waals surface area contributed by atoms with Gasteiger partial charge in [-0.05, 0) is 150 Å². The normalized spacial score (nSPS) is 11.3. The van der Waals surface area contributed by atoms with Crippen molar-refractivity contribution in [2.24, 2.45) is 0 Å². The fraction of sp³-hybridized carbons (Fsp3) is 0.0169. The number of para-hydroxylation sites is 2. The number of aromatic hydroxyl groups is 1. The van der Waals surface area contributed by atoms with E-state index in [0.717, 1.165) is 83.7 Å². The van der Waals surface area contributed by atoms with Gasteiger partial charge >= 0.3 is 0 Å². The van der Waals surface area contributed by atoms with Gasteiger partial charge in [0.2, 0.25) is 0 Å². The molecule has 0 radical (unpaired) electrons. The van der Waals surface area contributed by atoms with Gasteiger partial charge in [-0.3, -0.25) is 0 Å². The lowest BCUT2D eigenvalue weighted by Gasteiger charge is -2.28. The average molecular weight is 811 g/mol. The van der Waals surface area contributed by atoms with Crippen LogP contribution in [0.3, 0.4) is 0 Å². The van der Waals surface area contributed by atoms with Crippen LogP contribution in [0.25, 0.3) is 65.3 Å².